The van der Waals surface area contributed by atoms with Gasteiger partial charge in [0.2, 0.25) is 0 Å². The number of hydrogen-bond acceptors (Lipinski definition) is 7. The third kappa shape index (κ3) is 7.96. The van der Waals surface area contributed by atoms with Crippen molar-refractivity contribution in [2.24, 2.45) is 10.2 Å². The fourth-order valence-corrected chi connectivity index (χ4v) is 4.28. The van der Waals surface area contributed by atoms with Crippen LogP contribution in [0.4, 0.5) is 0 Å². The van der Waals surface area contributed by atoms with Gasteiger partial charge in [0.05, 0.1) is 24.6 Å². The second kappa shape index (κ2) is 14.3. The highest BCUT2D eigenvalue weighted by atomic mass is 35.5. The monoisotopic (exact) mass is 607 g/mol. The van der Waals surface area contributed by atoms with Crippen LogP contribution in [0.2, 0.25) is 10.0 Å². The molecule has 12 heteroatoms. The maximum atomic E-state index is 12.9. The van der Waals surface area contributed by atoms with Gasteiger partial charge in [0.15, 0.2) is 6.61 Å². The van der Waals surface area contributed by atoms with Crippen LogP contribution in [-0.2, 0) is 20.9 Å². The predicted molar refractivity (Wildman–Crippen MR) is 163 cm³/mol. The highest BCUT2D eigenvalue weighted by molar-refractivity contribution is 6.30. The highest BCUT2D eigenvalue weighted by Crippen LogP contribution is 2.30. The van der Waals surface area contributed by atoms with Crippen LogP contribution in [0, 0.1) is 6.92 Å². The lowest BCUT2D eigenvalue weighted by atomic mass is 10.1. The van der Waals surface area contributed by atoms with Crippen molar-refractivity contribution in [2.45, 2.75) is 20.4 Å². The average molecular weight is 608 g/mol. The molecule has 4 aromatic rings. The molecule has 2 amide bonds. The second-order valence-electron chi connectivity index (χ2n) is 8.92. The van der Waals surface area contributed by atoms with Crippen LogP contribution in [-0.4, -0.2) is 48.0 Å². The number of fused-ring (bicyclic) bond motifs is 1. The van der Waals surface area contributed by atoms with Gasteiger partial charge in [0.1, 0.15) is 12.3 Å². The number of carbonyl (C=O) groups is 3. The van der Waals surface area contributed by atoms with E-state index < -0.39 is 17.8 Å². The first-order valence-corrected chi connectivity index (χ1v) is 13.6. The molecule has 4 rings (SSSR count). The summed E-state index contributed by atoms with van der Waals surface area (Å²) < 4.78 is 12.6. The number of hydrogen-bond donors (Lipinski definition) is 2. The van der Waals surface area contributed by atoms with Gasteiger partial charge in [-0.05, 0) is 67.4 Å². The van der Waals surface area contributed by atoms with Crippen molar-refractivity contribution in [1.82, 2.24) is 15.4 Å². The summed E-state index contributed by atoms with van der Waals surface area (Å²) in [6, 6.07) is 18.9. The summed E-state index contributed by atoms with van der Waals surface area (Å²) in [7, 11) is 0. The molecule has 0 saturated carbocycles. The lowest BCUT2D eigenvalue weighted by molar-refractivity contribution is -0.123. The molecule has 1 aromatic heterocycles. The zero-order valence-corrected chi connectivity index (χ0v) is 24.3. The molecule has 0 aliphatic heterocycles. The van der Waals surface area contributed by atoms with Gasteiger partial charge in [-0.25, -0.2) is 15.6 Å². The molecule has 0 saturated heterocycles. The number of amides is 2. The van der Waals surface area contributed by atoms with Gasteiger partial charge in [-0.15, -0.1) is 0 Å². The van der Waals surface area contributed by atoms with E-state index in [2.05, 4.69) is 21.1 Å². The van der Waals surface area contributed by atoms with E-state index in [4.69, 9.17) is 32.7 Å². The minimum Gasteiger partial charge on any atom is -0.484 e. The van der Waals surface area contributed by atoms with Gasteiger partial charge >= 0.3 is 5.97 Å². The Morgan fingerprint density at radius 3 is 2.00 bits per heavy atom. The molecule has 2 N–H and O–H groups in total. The van der Waals surface area contributed by atoms with Crippen LogP contribution in [0.3, 0.4) is 0 Å². The van der Waals surface area contributed by atoms with Gasteiger partial charge in [-0.3, -0.25) is 9.59 Å². The lowest BCUT2D eigenvalue weighted by Gasteiger charge is -2.08. The molecule has 0 spiro atoms. The summed E-state index contributed by atoms with van der Waals surface area (Å²) in [5.41, 5.74) is 7.86. The number of aromatic nitrogens is 1. The van der Waals surface area contributed by atoms with Crippen LogP contribution in [0.15, 0.2) is 76.9 Å². The predicted octanol–water partition coefficient (Wildman–Crippen LogP) is 5.11. The number of halogens is 2. The first-order chi connectivity index (χ1) is 20.2. The third-order valence-electron chi connectivity index (χ3n) is 5.99. The molecule has 42 heavy (non-hydrogen) atoms. The minimum atomic E-state index is -0.536. The van der Waals surface area contributed by atoms with Crippen molar-refractivity contribution in [3.63, 3.8) is 0 Å². The van der Waals surface area contributed by atoms with Crippen molar-refractivity contribution in [2.75, 3.05) is 13.2 Å². The fraction of sp³-hybridized carbons (Fsp3) is 0.167. The number of benzene rings is 3. The van der Waals surface area contributed by atoms with E-state index >= 15 is 0 Å². The number of esters is 1. The minimum absolute atomic E-state index is 0.103. The standard InChI is InChI=1S/C30H27Cl2N5O5/c1-3-41-30(40)29-19(2)37(17-27(38)35-33-15-20-4-8-22(31)9-5-20)26-13-12-24(14-25(26)29)42-18-28(39)36-34-16-21-6-10-23(32)11-7-21/h4-16H,3,17-18H2,1-2H3,(H,35,38)(H,36,39)/b33-15-,34-16-. The van der Waals surface area contributed by atoms with E-state index in [1.165, 1.54) is 12.4 Å². The van der Waals surface area contributed by atoms with Crippen molar-refractivity contribution in [3.05, 3.63) is 99.2 Å². The van der Waals surface area contributed by atoms with Crippen molar-refractivity contribution in [1.29, 1.82) is 0 Å². The molecule has 0 unspecified atom stereocenters. The number of nitrogens with zero attached hydrogens (tertiary/aromatic N) is 3. The normalized spacial score (nSPS) is 11.2. The summed E-state index contributed by atoms with van der Waals surface area (Å²) in [6.45, 7) is 3.20. The molecular weight excluding hydrogens is 581 g/mol. The zero-order chi connectivity index (χ0) is 30.1. The molecule has 0 radical (unpaired) electrons. The van der Waals surface area contributed by atoms with Gasteiger partial charge in [0.25, 0.3) is 11.8 Å². The molecule has 3 aromatic carbocycles. The molecule has 1 heterocycles. The van der Waals surface area contributed by atoms with E-state index in [0.717, 1.165) is 11.1 Å². The SMILES string of the molecule is CCOC(=O)c1c(C)n(CC(=O)N/N=C\c2ccc(Cl)cc2)c2ccc(OCC(=O)N/N=C\c3ccc(Cl)cc3)cc12. The van der Waals surface area contributed by atoms with Crippen LogP contribution in [0.1, 0.15) is 34.1 Å². The zero-order valence-electron chi connectivity index (χ0n) is 22.8. The summed E-state index contributed by atoms with van der Waals surface area (Å²) >= 11 is 11.8. The third-order valence-corrected chi connectivity index (χ3v) is 6.50. The molecule has 10 nitrogen and oxygen atoms in total. The Bertz CT molecular complexity index is 1650. The Hall–Kier alpha value is -4.67. The topological polar surface area (TPSA) is 123 Å². The van der Waals surface area contributed by atoms with Gasteiger partial charge in [-0.2, -0.15) is 10.2 Å². The Morgan fingerprint density at radius 1 is 0.857 bits per heavy atom. The molecule has 0 aliphatic rings. The Balaban J connectivity index is 1.46. The maximum Gasteiger partial charge on any atom is 0.340 e. The number of hydrazone groups is 2. The van der Waals surface area contributed by atoms with Gasteiger partial charge in [-0.1, -0.05) is 47.5 Å². The van der Waals surface area contributed by atoms with Crippen LogP contribution >= 0.6 is 23.2 Å². The molecular formula is C30H27Cl2N5O5. The van der Waals surface area contributed by atoms with Gasteiger partial charge in [0, 0.05) is 26.6 Å². The molecule has 0 fully saturated rings. The Labute approximate surface area is 251 Å². The summed E-state index contributed by atoms with van der Waals surface area (Å²) in [6.07, 6.45) is 2.98. The quantitative estimate of drug-likeness (QED) is 0.139. The molecule has 216 valence electrons. The molecule has 0 bridgehead atoms. The first-order valence-electron chi connectivity index (χ1n) is 12.8. The largest absolute Gasteiger partial charge is 0.484 e. The van der Waals surface area contributed by atoms with Crippen molar-refractivity contribution in [3.8, 4) is 5.75 Å². The maximum absolute atomic E-state index is 12.9. The van der Waals surface area contributed by atoms with E-state index in [9.17, 15) is 14.4 Å². The van der Waals surface area contributed by atoms with Gasteiger partial charge < -0.3 is 14.0 Å². The van der Waals surface area contributed by atoms with E-state index in [1.807, 2.05) is 0 Å². The Morgan fingerprint density at radius 2 is 1.43 bits per heavy atom. The van der Waals surface area contributed by atoms with E-state index in [0.29, 0.717) is 38.0 Å². The fourth-order valence-electron chi connectivity index (χ4n) is 4.03. The summed E-state index contributed by atoms with van der Waals surface area (Å²) in [5, 5.41) is 9.62. The Kier molecular flexibility index (Phi) is 10.3. The second-order valence-corrected chi connectivity index (χ2v) is 9.80. The van der Waals surface area contributed by atoms with Crippen molar-refractivity contribution >= 4 is 64.3 Å². The smallest absolute Gasteiger partial charge is 0.340 e. The highest BCUT2D eigenvalue weighted by Gasteiger charge is 2.23. The van der Waals surface area contributed by atoms with Crippen molar-refractivity contribution < 1.29 is 23.9 Å². The summed E-state index contributed by atoms with van der Waals surface area (Å²) in [5.74, 6) is -1.06. The number of nitrogens with one attached hydrogen (secondary N) is 2. The number of carbonyl (C=O) groups excluding carboxylic acids is 3. The van der Waals surface area contributed by atoms with Crippen LogP contribution < -0.4 is 15.6 Å². The molecule has 0 atom stereocenters. The van der Waals surface area contributed by atoms with E-state index in [1.54, 1.807) is 85.1 Å². The lowest BCUT2D eigenvalue weighted by Crippen LogP contribution is -2.24. The number of rotatable bonds is 11. The van der Waals surface area contributed by atoms with Crippen LogP contribution in [0.25, 0.3) is 10.9 Å². The number of ether oxygens (including phenoxy) is 2. The van der Waals surface area contributed by atoms with Crippen LogP contribution in [0.5, 0.6) is 5.75 Å². The molecule has 0 aliphatic carbocycles. The first kappa shape index (κ1) is 30.3. The van der Waals surface area contributed by atoms with E-state index in [-0.39, 0.29) is 19.8 Å². The average Bonchev–Trinajstić information content (AvgIpc) is 3.24. The summed E-state index contributed by atoms with van der Waals surface area (Å²) in [4.78, 5) is 37.8.